The lowest BCUT2D eigenvalue weighted by atomic mass is 9.83. The van der Waals surface area contributed by atoms with E-state index in [0.29, 0.717) is 0 Å². The number of hydrogen-bond donors (Lipinski definition) is 0. The fraction of sp³-hybridized carbons (Fsp3) is 0.600. The Balaban J connectivity index is 1.96. The predicted molar refractivity (Wildman–Crippen MR) is 98.2 cm³/mol. The van der Waals surface area contributed by atoms with Crippen LogP contribution < -0.4 is 9.47 Å². The van der Waals surface area contributed by atoms with E-state index in [1.165, 1.54) is 12.8 Å². The van der Waals surface area contributed by atoms with Gasteiger partial charge < -0.3 is 9.47 Å². The molecular formula is C20H28N2O3. The zero-order valence-electron chi connectivity index (χ0n) is 15.8. The van der Waals surface area contributed by atoms with Crippen LogP contribution in [0.5, 0.6) is 11.5 Å². The molecule has 1 aliphatic carbocycles. The summed E-state index contributed by atoms with van der Waals surface area (Å²) in [5, 5.41) is 6.20. The smallest absolute Gasteiger partial charge is 0.254 e. The van der Waals surface area contributed by atoms with E-state index in [0.717, 1.165) is 35.6 Å². The van der Waals surface area contributed by atoms with Crippen LogP contribution in [0.2, 0.25) is 0 Å². The number of benzene rings is 1. The lowest BCUT2D eigenvalue weighted by molar-refractivity contribution is -0.136. The maximum atomic E-state index is 12.7. The average Bonchev–Trinajstić information content (AvgIpc) is 3.15. The summed E-state index contributed by atoms with van der Waals surface area (Å²) < 4.78 is 11.7. The van der Waals surface area contributed by atoms with Gasteiger partial charge in [-0.2, -0.15) is 5.10 Å². The highest BCUT2D eigenvalue weighted by atomic mass is 16.5. The highest BCUT2D eigenvalue weighted by Crippen LogP contribution is 2.37. The summed E-state index contributed by atoms with van der Waals surface area (Å²) >= 11 is 0. The molecule has 25 heavy (non-hydrogen) atoms. The van der Waals surface area contributed by atoms with E-state index in [4.69, 9.17) is 9.47 Å². The molecule has 1 amide bonds. The summed E-state index contributed by atoms with van der Waals surface area (Å²) in [6, 6.07) is 5.87. The molecule has 136 valence electrons. The molecule has 2 aliphatic rings. The van der Waals surface area contributed by atoms with Crippen molar-refractivity contribution in [2.24, 2.45) is 10.5 Å². The van der Waals surface area contributed by atoms with Gasteiger partial charge in [-0.3, -0.25) is 4.79 Å². The van der Waals surface area contributed by atoms with Crippen molar-refractivity contribution in [1.29, 1.82) is 0 Å². The number of hydrogen-bond acceptors (Lipinski definition) is 4. The maximum absolute atomic E-state index is 12.7. The van der Waals surface area contributed by atoms with Gasteiger partial charge >= 0.3 is 0 Å². The minimum atomic E-state index is -0.649. The van der Waals surface area contributed by atoms with Gasteiger partial charge in [0.25, 0.3) is 5.91 Å². The highest BCUT2D eigenvalue weighted by molar-refractivity contribution is 6.19. The number of nitrogens with zero attached hydrogens (tertiary/aromatic N) is 2. The molecule has 1 saturated carbocycles. The fourth-order valence-electron chi connectivity index (χ4n) is 3.54. The van der Waals surface area contributed by atoms with E-state index in [2.05, 4.69) is 5.10 Å². The second-order valence-corrected chi connectivity index (χ2v) is 7.71. The number of ether oxygens (including phenoxy) is 2. The molecule has 0 radical (unpaired) electrons. The van der Waals surface area contributed by atoms with Gasteiger partial charge in [0.05, 0.1) is 24.3 Å². The van der Waals surface area contributed by atoms with Crippen LogP contribution >= 0.6 is 0 Å². The Hall–Kier alpha value is -2.04. The van der Waals surface area contributed by atoms with Gasteiger partial charge in [0.1, 0.15) is 0 Å². The van der Waals surface area contributed by atoms with Crippen molar-refractivity contribution in [3.05, 3.63) is 23.8 Å². The molecule has 1 aromatic carbocycles. The molecule has 0 spiro atoms. The standard InChI is InChI=1S/C20H28N2O3/c1-13(2)22-19(23)20(3,4)18(21-22)14-10-11-16(24-5)17(12-14)25-15-8-6-7-9-15/h10-13,15H,6-9H2,1-5H3. The molecule has 0 saturated heterocycles. The maximum Gasteiger partial charge on any atom is 0.254 e. The highest BCUT2D eigenvalue weighted by Gasteiger charge is 2.44. The van der Waals surface area contributed by atoms with Gasteiger partial charge in [-0.1, -0.05) is 0 Å². The van der Waals surface area contributed by atoms with Crippen molar-refractivity contribution >= 4 is 11.6 Å². The van der Waals surface area contributed by atoms with Gasteiger partial charge in [-0.05, 0) is 71.6 Å². The molecule has 1 aromatic rings. The van der Waals surface area contributed by atoms with Crippen LogP contribution in [0, 0.1) is 5.41 Å². The summed E-state index contributed by atoms with van der Waals surface area (Å²) in [6.45, 7) is 7.81. The van der Waals surface area contributed by atoms with Crippen LogP contribution in [0.3, 0.4) is 0 Å². The second kappa shape index (κ2) is 6.70. The molecule has 1 aliphatic heterocycles. The van der Waals surface area contributed by atoms with Crippen LogP contribution in [-0.2, 0) is 4.79 Å². The van der Waals surface area contributed by atoms with Crippen molar-refractivity contribution in [1.82, 2.24) is 5.01 Å². The van der Waals surface area contributed by atoms with Crippen LogP contribution in [0.15, 0.2) is 23.3 Å². The molecule has 5 nitrogen and oxygen atoms in total. The molecular weight excluding hydrogens is 316 g/mol. The van der Waals surface area contributed by atoms with Crippen molar-refractivity contribution in [3.8, 4) is 11.5 Å². The lowest BCUT2D eigenvalue weighted by Gasteiger charge is -2.22. The third kappa shape index (κ3) is 3.24. The fourth-order valence-corrected chi connectivity index (χ4v) is 3.54. The van der Waals surface area contributed by atoms with Gasteiger partial charge in [-0.25, -0.2) is 5.01 Å². The minimum absolute atomic E-state index is 0.0339. The van der Waals surface area contributed by atoms with E-state index in [1.54, 1.807) is 12.1 Å². The molecule has 5 heteroatoms. The monoisotopic (exact) mass is 344 g/mol. The Morgan fingerprint density at radius 2 is 1.88 bits per heavy atom. The Morgan fingerprint density at radius 1 is 1.20 bits per heavy atom. The quantitative estimate of drug-likeness (QED) is 0.811. The van der Waals surface area contributed by atoms with E-state index >= 15 is 0 Å². The molecule has 0 atom stereocenters. The molecule has 0 aromatic heterocycles. The number of hydrazone groups is 1. The lowest BCUT2D eigenvalue weighted by Crippen LogP contribution is -2.37. The van der Waals surface area contributed by atoms with E-state index in [1.807, 2.05) is 45.9 Å². The first-order valence-corrected chi connectivity index (χ1v) is 9.12. The van der Waals surface area contributed by atoms with Crippen LogP contribution in [-0.4, -0.2) is 35.9 Å². The van der Waals surface area contributed by atoms with Crippen molar-refractivity contribution in [2.45, 2.75) is 65.5 Å². The number of methoxy groups -OCH3 is 1. The van der Waals surface area contributed by atoms with Crippen molar-refractivity contribution in [3.63, 3.8) is 0 Å². The van der Waals surface area contributed by atoms with Crippen LogP contribution in [0.4, 0.5) is 0 Å². The number of rotatable bonds is 5. The first-order valence-electron chi connectivity index (χ1n) is 9.12. The SMILES string of the molecule is COc1ccc(C2=NN(C(C)C)C(=O)C2(C)C)cc1OC1CCCC1. The van der Waals surface area contributed by atoms with Gasteiger partial charge in [-0.15, -0.1) is 0 Å². The Labute approximate surface area is 150 Å². The first-order chi connectivity index (χ1) is 11.8. The Bertz CT molecular complexity index is 688. The average molecular weight is 344 g/mol. The van der Waals surface area contributed by atoms with E-state index in [9.17, 15) is 4.79 Å². The molecule has 0 N–H and O–H groups in total. The third-order valence-electron chi connectivity index (χ3n) is 5.06. The Morgan fingerprint density at radius 3 is 2.44 bits per heavy atom. The molecule has 1 fully saturated rings. The summed E-state index contributed by atoms with van der Waals surface area (Å²) in [6.07, 6.45) is 4.84. The van der Waals surface area contributed by atoms with Gasteiger partial charge in [0.15, 0.2) is 11.5 Å². The van der Waals surface area contributed by atoms with E-state index in [-0.39, 0.29) is 18.1 Å². The largest absolute Gasteiger partial charge is 0.493 e. The predicted octanol–water partition coefficient (Wildman–Crippen LogP) is 4.00. The molecule has 0 bridgehead atoms. The molecule has 3 rings (SSSR count). The zero-order chi connectivity index (χ0) is 18.2. The van der Waals surface area contributed by atoms with Crippen molar-refractivity contribution in [2.75, 3.05) is 7.11 Å². The summed E-state index contributed by atoms with van der Waals surface area (Å²) in [5.41, 5.74) is 1.05. The minimum Gasteiger partial charge on any atom is -0.493 e. The molecule has 0 unspecified atom stereocenters. The van der Waals surface area contributed by atoms with Crippen LogP contribution in [0.25, 0.3) is 0 Å². The summed E-state index contributed by atoms with van der Waals surface area (Å²) in [4.78, 5) is 12.7. The zero-order valence-corrected chi connectivity index (χ0v) is 15.8. The van der Waals surface area contributed by atoms with E-state index < -0.39 is 5.41 Å². The first kappa shape index (κ1) is 17.8. The molecule has 1 heterocycles. The number of amides is 1. The van der Waals surface area contributed by atoms with Crippen molar-refractivity contribution < 1.29 is 14.3 Å². The summed E-state index contributed by atoms with van der Waals surface area (Å²) in [5.74, 6) is 1.49. The third-order valence-corrected chi connectivity index (χ3v) is 5.06. The van der Waals surface area contributed by atoms with Gasteiger partial charge in [0, 0.05) is 11.6 Å². The normalized spacial score (nSPS) is 20.3. The number of carbonyl (C=O) groups excluding carboxylic acids is 1. The van der Waals surface area contributed by atoms with Gasteiger partial charge in [0.2, 0.25) is 0 Å². The topological polar surface area (TPSA) is 51.1 Å². The second-order valence-electron chi connectivity index (χ2n) is 7.71. The Kier molecular flexibility index (Phi) is 4.76. The summed E-state index contributed by atoms with van der Waals surface area (Å²) in [7, 11) is 1.65. The van der Waals surface area contributed by atoms with Crippen LogP contribution in [0.1, 0.15) is 58.9 Å². The number of carbonyl (C=O) groups is 1.